The highest BCUT2D eigenvalue weighted by Crippen LogP contribution is 2.30. The Morgan fingerprint density at radius 3 is 2.50 bits per heavy atom. The highest BCUT2D eigenvalue weighted by molar-refractivity contribution is 8.00. The lowest BCUT2D eigenvalue weighted by Gasteiger charge is -2.28. The van der Waals surface area contributed by atoms with Gasteiger partial charge in [0.2, 0.25) is 11.9 Å². The third-order valence-corrected chi connectivity index (χ3v) is 6.77. The maximum absolute atomic E-state index is 12.8. The van der Waals surface area contributed by atoms with Gasteiger partial charge in [-0.3, -0.25) is 9.36 Å². The van der Waals surface area contributed by atoms with Crippen LogP contribution in [0.15, 0.2) is 53.7 Å². The molecule has 2 aromatic carbocycles. The Morgan fingerprint density at radius 2 is 1.82 bits per heavy atom. The molecule has 4 rings (SSSR count). The molecular formula is C25H31N5O3S. The average molecular weight is 482 g/mol. The van der Waals surface area contributed by atoms with E-state index in [-0.39, 0.29) is 11.2 Å². The number of hydrogen-bond acceptors (Lipinski definition) is 7. The van der Waals surface area contributed by atoms with Gasteiger partial charge in [-0.15, -0.1) is 10.2 Å². The topological polar surface area (TPSA) is 81.5 Å². The Hall–Kier alpha value is -3.04. The van der Waals surface area contributed by atoms with Crippen LogP contribution in [0, 0.1) is 6.92 Å². The summed E-state index contributed by atoms with van der Waals surface area (Å²) in [5, 5.41) is 12.4. The number of carbonyl (C=O) groups excluding carboxylic acids is 1. The number of morpholine rings is 1. The van der Waals surface area contributed by atoms with Crippen LogP contribution in [0.5, 0.6) is 5.75 Å². The second-order valence-corrected chi connectivity index (χ2v) is 9.51. The molecule has 1 fully saturated rings. The van der Waals surface area contributed by atoms with Gasteiger partial charge in [-0.2, -0.15) is 0 Å². The largest absolute Gasteiger partial charge is 0.497 e. The Labute approximate surface area is 204 Å². The van der Waals surface area contributed by atoms with Gasteiger partial charge in [0.1, 0.15) is 5.75 Å². The highest BCUT2D eigenvalue weighted by atomic mass is 32.2. The average Bonchev–Trinajstić information content (AvgIpc) is 3.28. The lowest BCUT2D eigenvalue weighted by atomic mass is 10.1. The summed E-state index contributed by atoms with van der Waals surface area (Å²) in [5.41, 5.74) is 3.31. The summed E-state index contributed by atoms with van der Waals surface area (Å²) < 4.78 is 12.7. The van der Waals surface area contributed by atoms with Crippen LogP contribution < -0.4 is 15.0 Å². The van der Waals surface area contributed by atoms with E-state index in [0.717, 1.165) is 42.5 Å². The summed E-state index contributed by atoms with van der Waals surface area (Å²) in [6, 6.07) is 16.2. The molecule has 0 radical (unpaired) electrons. The van der Waals surface area contributed by atoms with E-state index in [2.05, 4.69) is 51.6 Å². The Kier molecular flexibility index (Phi) is 8.08. The molecule has 0 spiro atoms. The van der Waals surface area contributed by atoms with Gasteiger partial charge in [-0.25, -0.2) is 0 Å². The van der Waals surface area contributed by atoms with Crippen molar-refractivity contribution >= 4 is 23.6 Å². The van der Waals surface area contributed by atoms with Gasteiger partial charge >= 0.3 is 0 Å². The zero-order valence-corrected chi connectivity index (χ0v) is 20.7. The summed E-state index contributed by atoms with van der Waals surface area (Å²) >= 11 is 1.42. The molecule has 1 aliphatic rings. The van der Waals surface area contributed by atoms with Crippen LogP contribution in [0.4, 0.5) is 5.95 Å². The summed E-state index contributed by atoms with van der Waals surface area (Å²) in [6.45, 7) is 7.38. The van der Waals surface area contributed by atoms with Crippen molar-refractivity contribution < 1.29 is 14.3 Å². The maximum Gasteiger partial charge on any atom is 0.233 e. The normalized spacial score (nSPS) is 14.6. The Bertz CT molecular complexity index is 1080. The van der Waals surface area contributed by atoms with Crippen molar-refractivity contribution in [2.75, 3.05) is 44.9 Å². The minimum absolute atomic E-state index is 0.0232. The molecule has 1 aliphatic heterocycles. The number of nitrogens with one attached hydrogen (secondary N) is 1. The predicted molar refractivity (Wildman–Crippen MR) is 134 cm³/mol. The van der Waals surface area contributed by atoms with Gasteiger partial charge in [0, 0.05) is 19.6 Å². The molecule has 8 nitrogen and oxygen atoms in total. The number of aromatic nitrogens is 3. The SMILES string of the molecule is COc1ccc(CCNC(=O)C(C)Sc2nnc(N3CCOCC3)n2-c2ccc(C)cc2)cc1. The zero-order valence-electron chi connectivity index (χ0n) is 19.9. The maximum atomic E-state index is 12.8. The fourth-order valence-electron chi connectivity index (χ4n) is 3.70. The number of benzene rings is 2. The van der Waals surface area contributed by atoms with Crippen LogP contribution in [-0.2, 0) is 16.0 Å². The lowest BCUT2D eigenvalue weighted by Crippen LogP contribution is -2.38. The van der Waals surface area contributed by atoms with E-state index in [4.69, 9.17) is 9.47 Å². The fourth-order valence-corrected chi connectivity index (χ4v) is 4.59. The predicted octanol–water partition coefficient (Wildman–Crippen LogP) is 3.26. The van der Waals surface area contributed by atoms with Crippen molar-refractivity contribution in [3.05, 3.63) is 59.7 Å². The fraction of sp³-hybridized carbons (Fsp3) is 0.400. The molecule has 180 valence electrons. The van der Waals surface area contributed by atoms with Crippen LogP contribution in [0.1, 0.15) is 18.1 Å². The zero-order chi connectivity index (χ0) is 23.9. The number of ether oxygens (including phenoxy) is 2. The highest BCUT2D eigenvalue weighted by Gasteiger charge is 2.24. The molecule has 0 bridgehead atoms. The van der Waals surface area contributed by atoms with Crippen LogP contribution in [0.2, 0.25) is 0 Å². The number of rotatable bonds is 9. The molecule has 1 aromatic heterocycles. The van der Waals surface area contributed by atoms with Gasteiger partial charge in [-0.1, -0.05) is 41.6 Å². The van der Waals surface area contributed by atoms with Crippen molar-refractivity contribution in [2.24, 2.45) is 0 Å². The van der Waals surface area contributed by atoms with E-state index in [1.165, 1.54) is 17.3 Å². The van der Waals surface area contributed by atoms with Gasteiger partial charge in [-0.05, 0) is 50.1 Å². The van der Waals surface area contributed by atoms with Crippen molar-refractivity contribution in [1.29, 1.82) is 0 Å². The van der Waals surface area contributed by atoms with Crippen molar-refractivity contribution in [2.45, 2.75) is 30.7 Å². The summed E-state index contributed by atoms with van der Waals surface area (Å²) in [4.78, 5) is 15.0. The molecule has 2 heterocycles. The third kappa shape index (κ3) is 5.90. The number of carbonyl (C=O) groups is 1. The van der Waals surface area contributed by atoms with Crippen molar-refractivity contribution in [3.63, 3.8) is 0 Å². The molecule has 3 aromatic rings. The van der Waals surface area contributed by atoms with Crippen LogP contribution >= 0.6 is 11.8 Å². The van der Waals surface area contributed by atoms with Gasteiger partial charge in [0.05, 0.1) is 31.3 Å². The van der Waals surface area contributed by atoms with Gasteiger partial charge in [0.25, 0.3) is 0 Å². The van der Waals surface area contributed by atoms with E-state index in [1.807, 2.05) is 35.8 Å². The Balaban J connectivity index is 1.43. The molecule has 1 unspecified atom stereocenters. The van der Waals surface area contributed by atoms with E-state index < -0.39 is 0 Å². The van der Waals surface area contributed by atoms with Crippen molar-refractivity contribution in [3.8, 4) is 11.4 Å². The molecule has 0 saturated carbocycles. The monoisotopic (exact) mass is 481 g/mol. The lowest BCUT2D eigenvalue weighted by molar-refractivity contribution is -0.120. The number of anilines is 1. The molecule has 1 atom stereocenters. The third-order valence-electron chi connectivity index (χ3n) is 5.73. The first-order chi connectivity index (χ1) is 16.5. The Morgan fingerprint density at radius 1 is 1.12 bits per heavy atom. The number of amides is 1. The number of aryl methyl sites for hydroxylation is 1. The van der Waals surface area contributed by atoms with Gasteiger partial charge < -0.3 is 19.7 Å². The first-order valence-electron chi connectivity index (χ1n) is 11.5. The molecule has 0 aliphatic carbocycles. The number of methoxy groups -OCH3 is 1. The van der Waals surface area contributed by atoms with E-state index >= 15 is 0 Å². The molecule has 34 heavy (non-hydrogen) atoms. The van der Waals surface area contributed by atoms with Crippen LogP contribution in [-0.4, -0.2) is 65.9 Å². The summed E-state index contributed by atoms with van der Waals surface area (Å²) in [7, 11) is 1.65. The molecule has 1 amide bonds. The second kappa shape index (κ2) is 11.4. The van der Waals surface area contributed by atoms with Crippen molar-refractivity contribution in [1.82, 2.24) is 20.1 Å². The molecular weight excluding hydrogens is 450 g/mol. The second-order valence-electron chi connectivity index (χ2n) is 8.20. The first-order valence-corrected chi connectivity index (χ1v) is 12.4. The minimum atomic E-state index is -0.318. The standard InChI is InChI=1S/C25H31N5O3S/c1-18-4-8-21(9-5-18)30-24(29-14-16-33-17-15-29)27-28-25(30)34-19(2)23(31)26-13-12-20-6-10-22(32-3)11-7-20/h4-11,19H,12-17H2,1-3H3,(H,26,31). The van der Waals surface area contributed by atoms with E-state index in [9.17, 15) is 4.79 Å². The number of hydrogen-bond donors (Lipinski definition) is 1. The smallest absolute Gasteiger partial charge is 0.233 e. The molecule has 1 saturated heterocycles. The van der Waals surface area contributed by atoms with E-state index in [1.54, 1.807) is 7.11 Å². The summed E-state index contributed by atoms with van der Waals surface area (Å²) in [6.07, 6.45) is 0.758. The van der Waals surface area contributed by atoms with Crippen LogP contribution in [0.3, 0.4) is 0 Å². The molecule has 9 heteroatoms. The van der Waals surface area contributed by atoms with Crippen LogP contribution in [0.25, 0.3) is 5.69 Å². The summed E-state index contributed by atoms with van der Waals surface area (Å²) in [5.74, 6) is 1.58. The minimum Gasteiger partial charge on any atom is -0.497 e. The van der Waals surface area contributed by atoms with Gasteiger partial charge in [0.15, 0.2) is 5.16 Å². The van der Waals surface area contributed by atoms with E-state index in [0.29, 0.717) is 24.9 Å². The quantitative estimate of drug-likeness (QED) is 0.470. The molecule has 1 N–H and O–H groups in total. The first kappa shape index (κ1) is 24.1. The number of thioether (sulfide) groups is 1. The number of nitrogens with zero attached hydrogens (tertiary/aromatic N) is 4.